The van der Waals surface area contributed by atoms with Crippen LogP contribution in [0.15, 0.2) is 43.0 Å². The Morgan fingerprint density at radius 3 is 2.55 bits per heavy atom. The first-order valence-electron chi connectivity index (χ1n) is 8.40. The molecule has 22 heavy (non-hydrogen) atoms. The van der Waals surface area contributed by atoms with Crippen LogP contribution >= 0.6 is 0 Å². The fourth-order valence-electron chi connectivity index (χ4n) is 3.79. The van der Waals surface area contributed by atoms with Gasteiger partial charge in [0, 0.05) is 30.5 Å². The van der Waals surface area contributed by atoms with Crippen LogP contribution in [0.2, 0.25) is 0 Å². The molecule has 4 rings (SSSR count). The van der Waals surface area contributed by atoms with Crippen molar-refractivity contribution < 1.29 is 0 Å². The number of nitrogens with zero attached hydrogens (tertiary/aromatic N) is 3. The topological polar surface area (TPSA) is 29.0 Å². The molecule has 1 aromatic heterocycles. The van der Waals surface area contributed by atoms with Crippen LogP contribution in [0, 0.1) is 5.92 Å². The quantitative estimate of drug-likeness (QED) is 0.860. The standard InChI is InChI=1S/C19H23N3/c1-14-3-2-8-22(14)12-17-9-19(17)16-6-4-15(5-7-16)18-10-20-13-21-11-18/h4-7,10-11,13-14,17,19H,2-3,8-9,12H2,1H3/t14-,17+,19+/m0/s1. The van der Waals surface area contributed by atoms with Crippen molar-refractivity contribution >= 4 is 0 Å². The normalized spacial score (nSPS) is 28.0. The van der Waals surface area contributed by atoms with E-state index in [-0.39, 0.29) is 0 Å². The Balaban J connectivity index is 1.40. The van der Waals surface area contributed by atoms with E-state index in [1.807, 2.05) is 12.4 Å². The molecule has 0 unspecified atom stereocenters. The molecule has 0 bridgehead atoms. The largest absolute Gasteiger partial charge is 0.300 e. The zero-order valence-corrected chi connectivity index (χ0v) is 13.2. The second-order valence-corrected chi connectivity index (χ2v) is 6.84. The van der Waals surface area contributed by atoms with Gasteiger partial charge >= 0.3 is 0 Å². The molecule has 2 aromatic rings. The van der Waals surface area contributed by atoms with Gasteiger partial charge in [0.15, 0.2) is 0 Å². The molecule has 1 aliphatic heterocycles. The Morgan fingerprint density at radius 1 is 1.09 bits per heavy atom. The van der Waals surface area contributed by atoms with Crippen molar-refractivity contribution in [2.75, 3.05) is 13.1 Å². The number of likely N-dealkylation sites (tertiary alicyclic amines) is 1. The maximum absolute atomic E-state index is 4.09. The Kier molecular flexibility index (Phi) is 3.67. The fourth-order valence-corrected chi connectivity index (χ4v) is 3.79. The van der Waals surface area contributed by atoms with Crippen LogP contribution in [-0.4, -0.2) is 34.0 Å². The number of rotatable bonds is 4. The van der Waals surface area contributed by atoms with Crippen LogP contribution in [0.4, 0.5) is 0 Å². The molecular weight excluding hydrogens is 270 g/mol. The van der Waals surface area contributed by atoms with Gasteiger partial charge in [-0.2, -0.15) is 0 Å². The smallest absolute Gasteiger partial charge is 0.115 e. The van der Waals surface area contributed by atoms with E-state index in [4.69, 9.17) is 0 Å². The summed E-state index contributed by atoms with van der Waals surface area (Å²) in [5.74, 6) is 1.64. The molecule has 1 aliphatic carbocycles. The third kappa shape index (κ3) is 2.78. The highest BCUT2D eigenvalue weighted by atomic mass is 15.2. The van der Waals surface area contributed by atoms with Gasteiger partial charge in [0.2, 0.25) is 0 Å². The summed E-state index contributed by atoms with van der Waals surface area (Å²) in [5.41, 5.74) is 3.79. The van der Waals surface area contributed by atoms with Crippen molar-refractivity contribution in [2.45, 2.75) is 38.1 Å². The highest BCUT2D eigenvalue weighted by Crippen LogP contribution is 2.48. The molecule has 3 nitrogen and oxygen atoms in total. The number of benzene rings is 1. The van der Waals surface area contributed by atoms with Gasteiger partial charge in [-0.1, -0.05) is 24.3 Å². The molecule has 0 radical (unpaired) electrons. The molecule has 1 saturated heterocycles. The molecule has 1 aromatic carbocycles. The van der Waals surface area contributed by atoms with Crippen LogP contribution in [0.3, 0.4) is 0 Å². The van der Waals surface area contributed by atoms with Crippen LogP contribution < -0.4 is 0 Å². The van der Waals surface area contributed by atoms with Crippen molar-refractivity contribution in [1.29, 1.82) is 0 Å². The molecule has 3 atom stereocenters. The first-order valence-corrected chi connectivity index (χ1v) is 8.40. The molecule has 114 valence electrons. The molecule has 2 heterocycles. The summed E-state index contributed by atoms with van der Waals surface area (Å²) in [6, 6.07) is 9.80. The van der Waals surface area contributed by atoms with E-state index in [9.17, 15) is 0 Å². The Bertz CT molecular complexity index is 623. The van der Waals surface area contributed by atoms with E-state index >= 15 is 0 Å². The van der Waals surface area contributed by atoms with Gasteiger partial charge < -0.3 is 4.90 Å². The summed E-state index contributed by atoms with van der Waals surface area (Å²) in [6.45, 7) is 4.97. The van der Waals surface area contributed by atoms with Crippen LogP contribution in [0.1, 0.15) is 37.7 Å². The minimum Gasteiger partial charge on any atom is -0.300 e. The number of aromatic nitrogens is 2. The van der Waals surface area contributed by atoms with Gasteiger partial charge in [-0.15, -0.1) is 0 Å². The summed E-state index contributed by atoms with van der Waals surface area (Å²) in [4.78, 5) is 10.9. The monoisotopic (exact) mass is 293 g/mol. The third-order valence-electron chi connectivity index (χ3n) is 5.31. The average molecular weight is 293 g/mol. The SMILES string of the molecule is C[C@H]1CCCN1C[C@H]1C[C@@H]1c1ccc(-c2cncnc2)cc1. The third-order valence-corrected chi connectivity index (χ3v) is 5.31. The molecule has 1 saturated carbocycles. The van der Waals surface area contributed by atoms with Gasteiger partial charge in [0.1, 0.15) is 6.33 Å². The summed E-state index contributed by atoms with van der Waals surface area (Å²) < 4.78 is 0. The zero-order valence-electron chi connectivity index (χ0n) is 13.2. The second kappa shape index (κ2) is 5.81. The number of hydrogen-bond donors (Lipinski definition) is 0. The highest BCUT2D eigenvalue weighted by molar-refractivity contribution is 5.61. The van der Waals surface area contributed by atoms with E-state index in [1.165, 1.54) is 43.5 Å². The van der Waals surface area contributed by atoms with Crippen molar-refractivity contribution in [3.8, 4) is 11.1 Å². The fraction of sp³-hybridized carbons (Fsp3) is 0.474. The van der Waals surface area contributed by atoms with Crippen molar-refractivity contribution in [3.63, 3.8) is 0 Å². The molecular formula is C19H23N3. The van der Waals surface area contributed by atoms with Gasteiger partial charge in [0.05, 0.1) is 0 Å². The lowest BCUT2D eigenvalue weighted by molar-refractivity contribution is 0.256. The highest BCUT2D eigenvalue weighted by Gasteiger charge is 2.40. The lowest BCUT2D eigenvalue weighted by atomic mass is 10.0. The van der Waals surface area contributed by atoms with Gasteiger partial charge in [-0.05, 0) is 55.7 Å². The maximum atomic E-state index is 4.09. The van der Waals surface area contributed by atoms with Crippen LogP contribution in [0.5, 0.6) is 0 Å². The summed E-state index contributed by atoms with van der Waals surface area (Å²) in [5, 5.41) is 0. The van der Waals surface area contributed by atoms with Crippen molar-refractivity contribution in [1.82, 2.24) is 14.9 Å². The molecule has 2 fully saturated rings. The lowest BCUT2D eigenvalue weighted by Gasteiger charge is -2.20. The molecule has 0 amide bonds. The van der Waals surface area contributed by atoms with E-state index in [2.05, 4.69) is 46.1 Å². The summed E-state index contributed by atoms with van der Waals surface area (Å²) in [7, 11) is 0. The molecule has 3 heteroatoms. The predicted molar refractivity (Wildman–Crippen MR) is 88.6 cm³/mol. The predicted octanol–water partition coefficient (Wildman–Crippen LogP) is 3.73. The second-order valence-electron chi connectivity index (χ2n) is 6.84. The lowest BCUT2D eigenvalue weighted by Crippen LogP contribution is -2.29. The van der Waals surface area contributed by atoms with Gasteiger partial charge in [-0.3, -0.25) is 0 Å². The maximum Gasteiger partial charge on any atom is 0.115 e. The average Bonchev–Trinajstić information content (AvgIpc) is 3.23. The van der Waals surface area contributed by atoms with Crippen molar-refractivity contribution in [2.24, 2.45) is 5.92 Å². The Labute approximate surface area is 132 Å². The minimum atomic E-state index is 0.772. The zero-order chi connectivity index (χ0) is 14.9. The van der Waals surface area contributed by atoms with Crippen LogP contribution in [-0.2, 0) is 0 Å². The molecule has 2 aliphatic rings. The van der Waals surface area contributed by atoms with E-state index in [1.54, 1.807) is 6.33 Å². The van der Waals surface area contributed by atoms with E-state index < -0.39 is 0 Å². The molecule has 0 spiro atoms. The van der Waals surface area contributed by atoms with Gasteiger partial charge in [-0.25, -0.2) is 9.97 Å². The molecule has 0 N–H and O–H groups in total. The van der Waals surface area contributed by atoms with Crippen LogP contribution in [0.25, 0.3) is 11.1 Å². The van der Waals surface area contributed by atoms with E-state index in [0.29, 0.717) is 0 Å². The summed E-state index contributed by atoms with van der Waals surface area (Å²) >= 11 is 0. The number of hydrogen-bond acceptors (Lipinski definition) is 3. The summed E-state index contributed by atoms with van der Waals surface area (Å²) in [6.07, 6.45) is 9.44. The first kappa shape index (κ1) is 13.9. The minimum absolute atomic E-state index is 0.772. The van der Waals surface area contributed by atoms with E-state index in [0.717, 1.165) is 23.4 Å². The van der Waals surface area contributed by atoms with Crippen molar-refractivity contribution in [3.05, 3.63) is 48.5 Å². The van der Waals surface area contributed by atoms with Gasteiger partial charge in [0.25, 0.3) is 0 Å². The Hall–Kier alpha value is -1.74. The Morgan fingerprint density at radius 2 is 1.86 bits per heavy atom. The first-order chi connectivity index (χ1) is 10.8.